The number of benzene rings is 2. The maximum atomic E-state index is 13.4. The van der Waals surface area contributed by atoms with E-state index in [2.05, 4.69) is 5.32 Å². The van der Waals surface area contributed by atoms with E-state index in [0.717, 1.165) is 11.3 Å². The Morgan fingerprint density at radius 1 is 0.958 bits per heavy atom. The molecule has 2 aromatic rings. The normalized spacial score (nSPS) is 12.6. The quantitative estimate of drug-likeness (QED) is 0.640. The van der Waals surface area contributed by atoms with E-state index < -0.39 is 13.4 Å². The molecule has 0 bridgehead atoms. The highest BCUT2D eigenvalue weighted by Crippen LogP contribution is 2.61. The molecular weight excluding hydrogens is 325 g/mol. The Hall–Kier alpha value is -1.81. The predicted octanol–water partition coefficient (Wildman–Crippen LogP) is 5.07. The molecule has 130 valence electrons. The van der Waals surface area contributed by atoms with Crippen LogP contribution in [0.15, 0.2) is 54.6 Å². The van der Waals surface area contributed by atoms with Gasteiger partial charge in [0.15, 0.2) is 5.78 Å². The van der Waals surface area contributed by atoms with Crippen LogP contribution < -0.4 is 10.1 Å². The molecule has 0 aliphatic carbocycles. The molecule has 1 unspecified atom stereocenters. The molecule has 2 rings (SSSR count). The molecule has 0 aliphatic heterocycles. The van der Waals surface area contributed by atoms with Crippen molar-refractivity contribution in [2.24, 2.45) is 0 Å². The minimum atomic E-state index is -3.45. The highest BCUT2D eigenvalue weighted by molar-refractivity contribution is 7.54. The lowest BCUT2D eigenvalue weighted by Crippen LogP contribution is -2.16. The second kappa shape index (κ2) is 8.88. The van der Waals surface area contributed by atoms with Crippen LogP contribution in [0.5, 0.6) is 5.75 Å². The summed E-state index contributed by atoms with van der Waals surface area (Å²) >= 11 is 0. The monoisotopic (exact) mass is 349 g/mol. The summed E-state index contributed by atoms with van der Waals surface area (Å²) in [6.07, 6.45) is 0. The van der Waals surface area contributed by atoms with E-state index in [1.165, 1.54) is 0 Å². The molecule has 2 aromatic carbocycles. The van der Waals surface area contributed by atoms with Crippen molar-refractivity contribution in [1.82, 2.24) is 0 Å². The zero-order chi connectivity index (χ0) is 17.4. The van der Waals surface area contributed by atoms with Gasteiger partial charge in [0.1, 0.15) is 5.75 Å². The molecule has 0 saturated heterocycles. The molecule has 0 heterocycles. The number of hydrogen-bond acceptors (Lipinski definition) is 5. The topological polar surface area (TPSA) is 56.8 Å². The molecule has 24 heavy (non-hydrogen) atoms. The second-order valence-corrected chi connectivity index (χ2v) is 7.14. The van der Waals surface area contributed by atoms with E-state index in [0.29, 0.717) is 19.0 Å². The number of ether oxygens (including phenoxy) is 1. The van der Waals surface area contributed by atoms with Crippen molar-refractivity contribution in [3.05, 3.63) is 60.2 Å². The smallest absolute Gasteiger partial charge is 0.357 e. The lowest BCUT2D eigenvalue weighted by molar-refractivity contribution is 0.213. The fraction of sp³-hybridized carbons (Fsp3) is 0.333. The molecule has 0 aromatic heterocycles. The Labute approximate surface area is 143 Å². The Morgan fingerprint density at radius 3 is 2.12 bits per heavy atom. The molecule has 1 atom stereocenters. The predicted molar refractivity (Wildman–Crippen MR) is 96.7 cm³/mol. The third kappa shape index (κ3) is 4.38. The molecule has 0 fully saturated rings. The van der Waals surface area contributed by atoms with Crippen molar-refractivity contribution in [2.75, 3.05) is 25.6 Å². The third-order valence-electron chi connectivity index (χ3n) is 3.45. The zero-order valence-corrected chi connectivity index (χ0v) is 15.2. The molecule has 1 N–H and O–H groups in total. The average molecular weight is 349 g/mol. The van der Waals surface area contributed by atoms with E-state index in [-0.39, 0.29) is 0 Å². The third-order valence-corrected chi connectivity index (χ3v) is 5.72. The maximum Gasteiger partial charge on any atom is 0.357 e. The average Bonchev–Trinajstić information content (AvgIpc) is 2.61. The molecule has 0 aliphatic rings. The van der Waals surface area contributed by atoms with Gasteiger partial charge in [-0.2, -0.15) is 0 Å². The van der Waals surface area contributed by atoms with Gasteiger partial charge in [-0.1, -0.05) is 36.4 Å². The first kappa shape index (κ1) is 18.5. The van der Waals surface area contributed by atoms with Crippen molar-refractivity contribution in [1.29, 1.82) is 0 Å². The summed E-state index contributed by atoms with van der Waals surface area (Å²) in [5.74, 6) is -0.0403. The van der Waals surface area contributed by atoms with Gasteiger partial charge in [-0.05, 0) is 32.0 Å². The molecule has 0 spiro atoms. The van der Waals surface area contributed by atoms with Gasteiger partial charge < -0.3 is 19.1 Å². The van der Waals surface area contributed by atoms with Crippen LogP contribution in [0.1, 0.15) is 25.2 Å². The van der Waals surface area contributed by atoms with Gasteiger partial charge in [0.25, 0.3) is 0 Å². The summed E-state index contributed by atoms with van der Waals surface area (Å²) in [6.45, 7) is 4.18. The maximum absolute atomic E-state index is 13.4. The summed E-state index contributed by atoms with van der Waals surface area (Å²) < 4.78 is 30.0. The van der Waals surface area contributed by atoms with E-state index in [1.807, 2.05) is 54.6 Å². The van der Waals surface area contributed by atoms with E-state index in [9.17, 15) is 4.57 Å². The lowest BCUT2D eigenvalue weighted by Gasteiger charge is -2.29. The van der Waals surface area contributed by atoms with Crippen LogP contribution >= 0.6 is 7.60 Å². The van der Waals surface area contributed by atoms with Gasteiger partial charge in [-0.3, -0.25) is 4.57 Å². The Kier molecular flexibility index (Phi) is 6.85. The SMILES string of the molecule is CCOP(=O)(OCC)C(Nc1ccccc1)c1ccccc1OC. The van der Waals surface area contributed by atoms with Gasteiger partial charge in [0.2, 0.25) is 0 Å². The molecule has 0 radical (unpaired) electrons. The van der Waals surface area contributed by atoms with E-state index >= 15 is 0 Å². The second-order valence-electron chi connectivity index (χ2n) is 5.03. The number of methoxy groups -OCH3 is 1. The summed E-state index contributed by atoms with van der Waals surface area (Å²) in [5.41, 5.74) is 1.56. The number of hydrogen-bond donors (Lipinski definition) is 1. The summed E-state index contributed by atoms with van der Waals surface area (Å²) in [5, 5.41) is 3.29. The molecule has 5 nitrogen and oxygen atoms in total. The number of anilines is 1. The van der Waals surface area contributed by atoms with E-state index in [4.69, 9.17) is 13.8 Å². The van der Waals surface area contributed by atoms with E-state index in [1.54, 1.807) is 21.0 Å². The highest BCUT2D eigenvalue weighted by atomic mass is 31.2. The zero-order valence-electron chi connectivity index (χ0n) is 14.3. The largest absolute Gasteiger partial charge is 0.496 e. The first-order valence-electron chi connectivity index (χ1n) is 7.98. The van der Waals surface area contributed by atoms with Crippen molar-refractivity contribution in [3.63, 3.8) is 0 Å². The minimum Gasteiger partial charge on any atom is -0.496 e. The molecule has 0 saturated carbocycles. The van der Waals surface area contributed by atoms with Crippen molar-refractivity contribution >= 4 is 13.3 Å². The Morgan fingerprint density at radius 2 is 1.54 bits per heavy atom. The summed E-state index contributed by atoms with van der Waals surface area (Å²) in [4.78, 5) is 0. The standard InChI is InChI=1S/C18H24NO4P/c1-4-22-24(20,23-5-2)18(19-15-11-7-6-8-12-15)16-13-9-10-14-17(16)21-3/h6-14,18-19H,4-5H2,1-3H3. The van der Waals surface area contributed by atoms with Gasteiger partial charge >= 0.3 is 7.60 Å². The van der Waals surface area contributed by atoms with Crippen LogP contribution in [-0.4, -0.2) is 20.3 Å². The van der Waals surface area contributed by atoms with Crippen molar-refractivity contribution < 1.29 is 18.3 Å². The van der Waals surface area contributed by atoms with Crippen molar-refractivity contribution in [2.45, 2.75) is 19.6 Å². The number of rotatable bonds is 9. The Bertz CT molecular complexity index is 668. The molecular formula is C18H24NO4P. The fourth-order valence-corrected chi connectivity index (χ4v) is 4.41. The van der Waals surface area contributed by atoms with Crippen LogP contribution in [0.4, 0.5) is 5.69 Å². The van der Waals surface area contributed by atoms with Gasteiger partial charge in [-0.15, -0.1) is 0 Å². The van der Waals surface area contributed by atoms with Gasteiger partial charge in [-0.25, -0.2) is 0 Å². The first-order valence-corrected chi connectivity index (χ1v) is 9.59. The number of nitrogens with one attached hydrogen (secondary N) is 1. The van der Waals surface area contributed by atoms with Crippen LogP contribution in [0.3, 0.4) is 0 Å². The van der Waals surface area contributed by atoms with Crippen LogP contribution in [0, 0.1) is 0 Å². The fourth-order valence-electron chi connectivity index (χ4n) is 2.46. The number of para-hydroxylation sites is 2. The molecule has 0 amide bonds. The summed E-state index contributed by atoms with van der Waals surface area (Å²) in [7, 11) is -1.86. The Balaban J connectivity index is 2.49. The minimum absolute atomic E-state index is 0.291. The molecule has 6 heteroatoms. The highest BCUT2D eigenvalue weighted by Gasteiger charge is 2.38. The van der Waals surface area contributed by atoms with Crippen molar-refractivity contribution in [3.8, 4) is 5.75 Å². The first-order chi connectivity index (χ1) is 11.6. The van der Waals surface area contributed by atoms with Crippen LogP contribution in [0.2, 0.25) is 0 Å². The van der Waals surface area contributed by atoms with Gasteiger partial charge in [0.05, 0.1) is 20.3 Å². The summed E-state index contributed by atoms with van der Waals surface area (Å²) in [6, 6.07) is 17.0. The lowest BCUT2D eigenvalue weighted by atomic mass is 10.2. The van der Waals surface area contributed by atoms with Crippen LogP contribution in [0.25, 0.3) is 0 Å². The van der Waals surface area contributed by atoms with Gasteiger partial charge in [0, 0.05) is 11.3 Å². The van der Waals surface area contributed by atoms with Crippen LogP contribution in [-0.2, 0) is 13.6 Å².